The van der Waals surface area contributed by atoms with Crippen LogP contribution in [0.15, 0.2) is 53.4 Å². The molecule has 1 atom stereocenters. The van der Waals surface area contributed by atoms with Crippen LogP contribution in [0.1, 0.15) is 23.6 Å². The lowest BCUT2D eigenvalue weighted by atomic mass is 10.0. The van der Waals surface area contributed by atoms with Crippen molar-refractivity contribution < 1.29 is 24.5 Å². The maximum Gasteiger partial charge on any atom is 0.305 e. The number of thiocarbonyl (C=S) groups is 1. The predicted octanol–water partition coefficient (Wildman–Crippen LogP) is 3.82. The molecule has 6 nitrogen and oxygen atoms in total. The van der Waals surface area contributed by atoms with Gasteiger partial charge in [0.1, 0.15) is 4.32 Å². The molecule has 144 valence electrons. The molecule has 0 saturated carbocycles. The highest BCUT2D eigenvalue weighted by molar-refractivity contribution is 8.26. The molecule has 2 aromatic rings. The van der Waals surface area contributed by atoms with Crippen LogP contribution in [0.3, 0.4) is 0 Å². The minimum atomic E-state index is -1.02. The van der Waals surface area contributed by atoms with Gasteiger partial charge in [0, 0.05) is 0 Å². The summed E-state index contributed by atoms with van der Waals surface area (Å²) in [5.74, 6) is -1.08. The number of carbonyl (C=O) groups is 2. The van der Waals surface area contributed by atoms with Crippen molar-refractivity contribution in [2.45, 2.75) is 12.5 Å². The maximum atomic E-state index is 13.0. The summed E-state index contributed by atoms with van der Waals surface area (Å²) in [6.45, 7) is 0. The van der Waals surface area contributed by atoms with E-state index in [0.717, 1.165) is 11.8 Å². The van der Waals surface area contributed by atoms with Crippen molar-refractivity contribution in [1.29, 1.82) is 0 Å². The van der Waals surface area contributed by atoms with E-state index in [1.165, 1.54) is 18.1 Å². The first-order valence-electron chi connectivity index (χ1n) is 8.31. The molecule has 0 bridgehead atoms. The topological polar surface area (TPSA) is 87.1 Å². The van der Waals surface area contributed by atoms with E-state index >= 15 is 0 Å². The first-order valence-corrected chi connectivity index (χ1v) is 9.54. The van der Waals surface area contributed by atoms with Crippen LogP contribution < -0.4 is 4.74 Å². The Bertz CT molecular complexity index is 958. The van der Waals surface area contributed by atoms with Gasteiger partial charge in [0.15, 0.2) is 11.5 Å². The van der Waals surface area contributed by atoms with Gasteiger partial charge in [0.2, 0.25) is 0 Å². The van der Waals surface area contributed by atoms with Crippen LogP contribution in [0.4, 0.5) is 0 Å². The summed E-state index contributed by atoms with van der Waals surface area (Å²) in [5.41, 5.74) is 1.36. The second kappa shape index (κ2) is 8.45. The van der Waals surface area contributed by atoms with Crippen LogP contribution in [0.5, 0.6) is 11.5 Å². The number of methoxy groups -OCH3 is 1. The third kappa shape index (κ3) is 4.18. The molecular formula is C20H17NO5S2. The van der Waals surface area contributed by atoms with Crippen LogP contribution in [-0.2, 0) is 9.59 Å². The number of aromatic hydroxyl groups is 1. The number of carboxylic acid groups (broad SMARTS) is 1. The van der Waals surface area contributed by atoms with Gasteiger partial charge in [-0.15, -0.1) is 0 Å². The van der Waals surface area contributed by atoms with E-state index in [9.17, 15) is 19.8 Å². The Balaban J connectivity index is 1.94. The van der Waals surface area contributed by atoms with E-state index in [4.69, 9.17) is 17.0 Å². The molecule has 0 spiro atoms. The fourth-order valence-corrected chi connectivity index (χ4v) is 4.24. The van der Waals surface area contributed by atoms with Crippen molar-refractivity contribution in [3.8, 4) is 11.5 Å². The average molecular weight is 415 g/mol. The lowest BCUT2D eigenvalue weighted by molar-refractivity contribution is -0.138. The molecule has 1 amide bonds. The first-order chi connectivity index (χ1) is 13.4. The van der Waals surface area contributed by atoms with Gasteiger partial charge in [-0.25, -0.2) is 0 Å². The van der Waals surface area contributed by atoms with Gasteiger partial charge in [-0.2, -0.15) is 0 Å². The highest BCUT2D eigenvalue weighted by atomic mass is 32.2. The van der Waals surface area contributed by atoms with Crippen LogP contribution >= 0.6 is 24.0 Å². The Kier molecular flexibility index (Phi) is 6.01. The lowest BCUT2D eigenvalue weighted by Crippen LogP contribution is -2.34. The number of aliphatic carboxylic acids is 1. The van der Waals surface area contributed by atoms with Gasteiger partial charge < -0.3 is 14.9 Å². The Hall–Kier alpha value is -2.84. The van der Waals surface area contributed by atoms with Crippen molar-refractivity contribution in [2.24, 2.45) is 0 Å². The largest absolute Gasteiger partial charge is 0.504 e. The average Bonchev–Trinajstić information content (AvgIpc) is 2.95. The summed E-state index contributed by atoms with van der Waals surface area (Å²) in [4.78, 5) is 26.1. The quantitative estimate of drug-likeness (QED) is 0.548. The maximum absolute atomic E-state index is 13.0. The molecule has 1 heterocycles. The molecule has 2 aromatic carbocycles. The number of carbonyl (C=O) groups excluding carboxylic acids is 1. The summed E-state index contributed by atoms with van der Waals surface area (Å²) >= 11 is 6.50. The first kappa shape index (κ1) is 19.9. The molecule has 8 heteroatoms. The highest BCUT2D eigenvalue weighted by Crippen LogP contribution is 2.40. The van der Waals surface area contributed by atoms with Crippen molar-refractivity contribution in [3.05, 3.63) is 64.6 Å². The Labute approximate surface area is 171 Å². The molecule has 1 saturated heterocycles. The Morgan fingerprint density at radius 2 is 2.00 bits per heavy atom. The number of rotatable bonds is 6. The van der Waals surface area contributed by atoms with Crippen LogP contribution in [0, 0.1) is 0 Å². The van der Waals surface area contributed by atoms with E-state index in [1.54, 1.807) is 42.5 Å². The number of hydrogen-bond acceptors (Lipinski definition) is 6. The number of benzene rings is 2. The number of thioether (sulfide) groups is 1. The minimum Gasteiger partial charge on any atom is -0.504 e. The number of ether oxygens (including phenoxy) is 1. The van der Waals surface area contributed by atoms with Gasteiger partial charge in [-0.05, 0) is 29.3 Å². The third-order valence-electron chi connectivity index (χ3n) is 4.19. The smallest absolute Gasteiger partial charge is 0.305 e. The second-order valence-corrected chi connectivity index (χ2v) is 7.68. The summed E-state index contributed by atoms with van der Waals surface area (Å²) in [5, 5.41) is 19.0. The number of carboxylic acids is 1. The summed E-state index contributed by atoms with van der Waals surface area (Å²) in [7, 11) is 1.44. The normalized spacial score (nSPS) is 16.5. The number of nitrogens with zero attached hydrogens (tertiary/aromatic N) is 1. The van der Waals surface area contributed by atoms with Gasteiger partial charge in [-0.3, -0.25) is 14.5 Å². The van der Waals surface area contributed by atoms with E-state index in [1.807, 2.05) is 6.07 Å². The monoisotopic (exact) mass is 415 g/mol. The number of phenolic OH excluding ortho intramolecular Hbond substituents is 1. The third-order valence-corrected chi connectivity index (χ3v) is 5.52. The zero-order valence-electron chi connectivity index (χ0n) is 14.9. The van der Waals surface area contributed by atoms with E-state index in [2.05, 4.69) is 0 Å². The zero-order chi connectivity index (χ0) is 20.3. The summed E-state index contributed by atoms with van der Waals surface area (Å²) < 4.78 is 5.39. The summed E-state index contributed by atoms with van der Waals surface area (Å²) in [6, 6.07) is 13.0. The molecule has 1 aliphatic rings. The molecule has 0 unspecified atom stereocenters. The lowest BCUT2D eigenvalue weighted by Gasteiger charge is -2.26. The molecule has 0 aliphatic carbocycles. The molecule has 0 radical (unpaired) electrons. The molecular weight excluding hydrogens is 398 g/mol. The number of phenols is 1. The number of amides is 1. The molecule has 1 aliphatic heterocycles. The van der Waals surface area contributed by atoms with E-state index in [-0.39, 0.29) is 23.8 Å². The number of hydrogen-bond donors (Lipinski definition) is 2. The molecule has 3 rings (SSSR count). The van der Waals surface area contributed by atoms with Gasteiger partial charge >= 0.3 is 5.97 Å². The molecule has 0 aromatic heterocycles. The van der Waals surface area contributed by atoms with Gasteiger partial charge in [0.25, 0.3) is 5.91 Å². The molecule has 2 N–H and O–H groups in total. The molecule has 28 heavy (non-hydrogen) atoms. The van der Waals surface area contributed by atoms with E-state index < -0.39 is 12.0 Å². The Morgan fingerprint density at radius 3 is 2.64 bits per heavy atom. The van der Waals surface area contributed by atoms with Crippen LogP contribution in [-0.4, -0.2) is 38.4 Å². The fourth-order valence-electron chi connectivity index (χ4n) is 2.88. The van der Waals surface area contributed by atoms with Gasteiger partial charge in [-0.1, -0.05) is 60.4 Å². The van der Waals surface area contributed by atoms with Crippen molar-refractivity contribution in [3.63, 3.8) is 0 Å². The standard InChI is InChI=1S/C20H17NO5S2/c1-26-16-9-12(7-8-15(16)22)10-17-19(25)21(20(27)28-17)14(11-18(23)24)13-5-3-2-4-6-13/h2-10,14,22H,11H2,1H3,(H,23,24)/b17-10+/t14-/m1/s1. The molecule has 1 fully saturated rings. The van der Waals surface area contributed by atoms with Crippen molar-refractivity contribution in [2.75, 3.05) is 7.11 Å². The summed E-state index contributed by atoms with van der Waals surface area (Å²) in [6.07, 6.45) is 1.39. The van der Waals surface area contributed by atoms with Crippen molar-refractivity contribution in [1.82, 2.24) is 4.90 Å². The van der Waals surface area contributed by atoms with Crippen molar-refractivity contribution >= 4 is 46.3 Å². The zero-order valence-corrected chi connectivity index (χ0v) is 16.5. The second-order valence-electron chi connectivity index (χ2n) is 6.01. The highest BCUT2D eigenvalue weighted by Gasteiger charge is 2.38. The van der Waals surface area contributed by atoms with Crippen LogP contribution in [0.2, 0.25) is 0 Å². The SMILES string of the molecule is COc1cc(/C=C2/SC(=S)N([C@H](CC(=O)O)c3ccccc3)C2=O)ccc1O. The Morgan fingerprint density at radius 1 is 1.29 bits per heavy atom. The fraction of sp³-hybridized carbons (Fsp3) is 0.150. The van der Waals surface area contributed by atoms with Crippen LogP contribution in [0.25, 0.3) is 6.08 Å². The van der Waals surface area contributed by atoms with E-state index in [0.29, 0.717) is 20.4 Å². The minimum absolute atomic E-state index is 0.00204. The predicted molar refractivity (Wildman–Crippen MR) is 111 cm³/mol. The van der Waals surface area contributed by atoms with Gasteiger partial charge in [0.05, 0.1) is 24.5 Å².